The number of pyridine rings is 1. The fourth-order valence-corrected chi connectivity index (χ4v) is 2.30. The van der Waals surface area contributed by atoms with E-state index >= 15 is 0 Å². The number of nitrogens with one attached hydrogen (secondary N) is 1. The highest BCUT2D eigenvalue weighted by Crippen LogP contribution is 2.30. The topological polar surface area (TPSA) is 97.8 Å². The van der Waals surface area contributed by atoms with Crippen molar-refractivity contribution in [2.45, 2.75) is 12.8 Å². The summed E-state index contributed by atoms with van der Waals surface area (Å²) >= 11 is 0. The molecule has 0 atom stereocenters. The van der Waals surface area contributed by atoms with Gasteiger partial charge in [0.2, 0.25) is 0 Å². The summed E-state index contributed by atoms with van der Waals surface area (Å²) in [6.07, 6.45) is 3.70. The second-order valence-corrected chi connectivity index (χ2v) is 4.96. The predicted octanol–water partition coefficient (Wildman–Crippen LogP) is 0.701. The average molecular weight is 294 g/mol. The lowest BCUT2D eigenvalue weighted by Gasteiger charge is -2.33. The first kappa shape index (κ1) is 15.2. The molecule has 0 radical (unpaired) electrons. The lowest BCUT2D eigenvalue weighted by molar-refractivity contribution is -0.154. The number of nitrogens with zero attached hydrogens (tertiary/aromatic N) is 1. The summed E-state index contributed by atoms with van der Waals surface area (Å²) in [6.45, 7) is 0.845. The van der Waals surface area contributed by atoms with Crippen LogP contribution < -0.4 is 10.1 Å². The molecular weight excluding hydrogens is 276 g/mol. The Balaban J connectivity index is 2.07. The number of methoxy groups -OCH3 is 1. The standard InChI is InChI=1S/C14H18N2O5/c1-20-11-8-15-5-2-10(11)12(17)16-9-14(13(18)19)3-6-21-7-4-14/h2,5,8H,3-4,6-7,9H2,1H3,(H,16,17)(H,18,19). The number of carboxylic acid groups (broad SMARTS) is 1. The zero-order chi connectivity index (χ0) is 15.3. The van der Waals surface area contributed by atoms with Gasteiger partial charge in [0.25, 0.3) is 5.91 Å². The highest BCUT2D eigenvalue weighted by Gasteiger charge is 2.40. The lowest BCUT2D eigenvalue weighted by Crippen LogP contribution is -2.46. The zero-order valence-corrected chi connectivity index (χ0v) is 11.8. The van der Waals surface area contributed by atoms with E-state index in [-0.39, 0.29) is 12.5 Å². The first-order valence-electron chi connectivity index (χ1n) is 6.66. The number of carbonyl (C=O) groups is 2. The maximum Gasteiger partial charge on any atom is 0.311 e. The van der Waals surface area contributed by atoms with E-state index in [9.17, 15) is 14.7 Å². The molecule has 0 spiro atoms. The van der Waals surface area contributed by atoms with Crippen molar-refractivity contribution in [3.8, 4) is 5.75 Å². The summed E-state index contributed by atoms with van der Waals surface area (Å²) in [4.78, 5) is 27.6. The third kappa shape index (κ3) is 3.30. The van der Waals surface area contributed by atoms with E-state index in [2.05, 4.69) is 10.3 Å². The maximum absolute atomic E-state index is 12.2. The van der Waals surface area contributed by atoms with Crippen LogP contribution in [0, 0.1) is 5.41 Å². The molecule has 0 aliphatic carbocycles. The van der Waals surface area contributed by atoms with Crippen LogP contribution in [0.25, 0.3) is 0 Å². The van der Waals surface area contributed by atoms with Crippen LogP contribution in [0.5, 0.6) is 5.75 Å². The Hall–Kier alpha value is -2.15. The molecule has 1 aliphatic heterocycles. The number of aliphatic carboxylic acids is 1. The second kappa shape index (κ2) is 6.53. The Labute approximate surface area is 122 Å². The maximum atomic E-state index is 12.2. The van der Waals surface area contributed by atoms with Gasteiger partial charge in [0, 0.05) is 26.0 Å². The quantitative estimate of drug-likeness (QED) is 0.829. The number of aromatic nitrogens is 1. The molecule has 7 heteroatoms. The number of rotatable bonds is 5. The number of hydrogen-bond donors (Lipinski definition) is 2. The van der Waals surface area contributed by atoms with Crippen molar-refractivity contribution in [1.29, 1.82) is 0 Å². The summed E-state index contributed by atoms with van der Waals surface area (Å²) in [7, 11) is 1.45. The summed E-state index contributed by atoms with van der Waals surface area (Å²) < 4.78 is 10.3. The minimum atomic E-state index is -0.964. The fraction of sp³-hybridized carbons (Fsp3) is 0.500. The van der Waals surface area contributed by atoms with Crippen LogP contribution in [0.4, 0.5) is 0 Å². The molecule has 21 heavy (non-hydrogen) atoms. The first-order chi connectivity index (χ1) is 10.1. The number of carbonyl (C=O) groups excluding carboxylic acids is 1. The van der Waals surface area contributed by atoms with E-state index in [1.807, 2.05) is 0 Å². The van der Waals surface area contributed by atoms with Crippen LogP contribution in [0.3, 0.4) is 0 Å². The highest BCUT2D eigenvalue weighted by atomic mass is 16.5. The van der Waals surface area contributed by atoms with Crippen molar-refractivity contribution >= 4 is 11.9 Å². The van der Waals surface area contributed by atoms with Crippen LogP contribution in [0.1, 0.15) is 23.2 Å². The molecule has 2 rings (SSSR count). The summed E-state index contributed by atoms with van der Waals surface area (Å²) in [5.74, 6) is -0.930. The molecule has 1 aliphatic rings. The first-order valence-corrected chi connectivity index (χ1v) is 6.66. The Morgan fingerprint density at radius 1 is 1.48 bits per heavy atom. The van der Waals surface area contributed by atoms with Gasteiger partial charge in [0.15, 0.2) is 0 Å². The average Bonchev–Trinajstić information content (AvgIpc) is 2.53. The minimum absolute atomic E-state index is 0.0655. The number of hydrogen-bond acceptors (Lipinski definition) is 5. The molecule has 2 N–H and O–H groups in total. The summed E-state index contributed by atoms with van der Waals surface area (Å²) in [6, 6.07) is 1.53. The van der Waals surface area contributed by atoms with Crippen LogP contribution in [-0.4, -0.2) is 48.8 Å². The normalized spacial score (nSPS) is 17.0. The van der Waals surface area contributed by atoms with Gasteiger partial charge in [-0.25, -0.2) is 0 Å². The Morgan fingerprint density at radius 3 is 2.81 bits per heavy atom. The van der Waals surface area contributed by atoms with Gasteiger partial charge < -0.3 is 19.9 Å². The zero-order valence-electron chi connectivity index (χ0n) is 11.8. The van der Waals surface area contributed by atoms with Gasteiger partial charge in [0.1, 0.15) is 5.75 Å². The van der Waals surface area contributed by atoms with Crippen LogP contribution in [-0.2, 0) is 9.53 Å². The Morgan fingerprint density at radius 2 is 2.19 bits per heavy atom. The summed E-state index contributed by atoms with van der Waals surface area (Å²) in [5.41, 5.74) is -0.631. The molecule has 0 bridgehead atoms. The van der Waals surface area contributed by atoms with E-state index in [0.29, 0.717) is 37.4 Å². The Kier molecular flexibility index (Phi) is 4.74. The third-order valence-electron chi connectivity index (χ3n) is 3.74. The van der Waals surface area contributed by atoms with Gasteiger partial charge in [-0.1, -0.05) is 0 Å². The van der Waals surface area contributed by atoms with Gasteiger partial charge in [0.05, 0.1) is 24.3 Å². The fourth-order valence-electron chi connectivity index (χ4n) is 2.30. The van der Waals surface area contributed by atoms with Crippen molar-refractivity contribution in [3.05, 3.63) is 24.0 Å². The molecule has 1 fully saturated rings. The molecule has 0 aromatic carbocycles. The van der Waals surface area contributed by atoms with Gasteiger partial charge in [-0.15, -0.1) is 0 Å². The number of amides is 1. The monoisotopic (exact) mass is 294 g/mol. The second-order valence-electron chi connectivity index (χ2n) is 4.96. The molecular formula is C14H18N2O5. The SMILES string of the molecule is COc1cnccc1C(=O)NCC1(C(=O)O)CCOCC1. The lowest BCUT2D eigenvalue weighted by atomic mass is 9.80. The molecule has 114 valence electrons. The molecule has 1 amide bonds. The smallest absolute Gasteiger partial charge is 0.311 e. The molecule has 7 nitrogen and oxygen atoms in total. The number of carboxylic acids is 1. The van der Waals surface area contributed by atoms with Crippen molar-refractivity contribution in [2.75, 3.05) is 26.9 Å². The van der Waals surface area contributed by atoms with Gasteiger partial charge in [-0.2, -0.15) is 0 Å². The van der Waals surface area contributed by atoms with Gasteiger partial charge in [-0.05, 0) is 18.9 Å². The van der Waals surface area contributed by atoms with Crippen LogP contribution in [0.2, 0.25) is 0 Å². The van der Waals surface area contributed by atoms with Crippen LogP contribution in [0.15, 0.2) is 18.5 Å². The van der Waals surface area contributed by atoms with E-state index in [4.69, 9.17) is 9.47 Å². The predicted molar refractivity (Wildman–Crippen MR) is 73.2 cm³/mol. The Bertz CT molecular complexity index is 526. The summed E-state index contributed by atoms with van der Waals surface area (Å²) in [5, 5.41) is 12.1. The molecule has 1 aromatic heterocycles. The highest BCUT2D eigenvalue weighted by molar-refractivity contribution is 5.97. The molecule has 1 saturated heterocycles. The van der Waals surface area contributed by atoms with E-state index in [1.165, 1.54) is 25.6 Å². The van der Waals surface area contributed by atoms with Gasteiger partial charge in [-0.3, -0.25) is 14.6 Å². The molecule has 0 saturated carbocycles. The van der Waals surface area contributed by atoms with Crippen molar-refractivity contribution in [2.24, 2.45) is 5.41 Å². The van der Waals surface area contributed by atoms with Crippen molar-refractivity contribution in [3.63, 3.8) is 0 Å². The van der Waals surface area contributed by atoms with E-state index in [1.54, 1.807) is 0 Å². The van der Waals surface area contributed by atoms with Crippen LogP contribution >= 0.6 is 0 Å². The van der Waals surface area contributed by atoms with Crippen molar-refractivity contribution in [1.82, 2.24) is 10.3 Å². The van der Waals surface area contributed by atoms with E-state index in [0.717, 1.165) is 0 Å². The van der Waals surface area contributed by atoms with Gasteiger partial charge >= 0.3 is 5.97 Å². The number of ether oxygens (including phenoxy) is 2. The minimum Gasteiger partial charge on any atom is -0.494 e. The third-order valence-corrected chi connectivity index (χ3v) is 3.74. The molecule has 0 unspecified atom stereocenters. The van der Waals surface area contributed by atoms with E-state index < -0.39 is 11.4 Å². The molecule has 1 aromatic rings. The molecule has 2 heterocycles. The van der Waals surface area contributed by atoms with Crippen molar-refractivity contribution < 1.29 is 24.2 Å². The largest absolute Gasteiger partial charge is 0.494 e.